The molecule has 0 spiro atoms. The molecule has 1 rings (SSSR count). The number of alkyl halides is 1. The van der Waals surface area contributed by atoms with Crippen molar-refractivity contribution in [2.45, 2.75) is 13.2 Å². The van der Waals surface area contributed by atoms with Crippen molar-refractivity contribution in [3.05, 3.63) is 0 Å². The van der Waals surface area contributed by atoms with Crippen LogP contribution in [0.1, 0.15) is 6.92 Å². The van der Waals surface area contributed by atoms with Crippen molar-refractivity contribution in [2.75, 3.05) is 26.4 Å². The van der Waals surface area contributed by atoms with Crippen LogP contribution in [0.4, 0.5) is 9.18 Å². The molecule has 1 heterocycles. The molecular weight excluding hydrogens is 165 g/mol. The molecule has 70 valence electrons. The normalized spacial score (nSPS) is 23.8. The number of hydrogen-bond acceptors (Lipinski definition) is 3. The Hall–Kier alpha value is -0.840. The van der Waals surface area contributed by atoms with Gasteiger partial charge >= 0.3 is 6.09 Å². The molecule has 1 atom stereocenters. The molecule has 0 N–H and O–H groups in total. The number of nitrogens with zero attached hydrogens (tertiary/aromatic N) is 1. The van der Waals surface area contributed by atoms with Crippen LogP contribution in [0.15, 0.2) is 0 Å². The number of rotatable bonds is 1. The number of ether oxygens (including phenoxy) is 2. The van der Waals surface area contributed by atoms with Crippen LogP contribution in [-0.2, 0) is 9.47 Å². The highest BCUT2D eigenvalue weighted by molar-refractivity contribution is 5.67. The third-order valence-electron chi connectivity index (χ3n) is 1.57. The molecule has 1 amide bonds. The van der Waals surface area contributed by atoms with Gasteiger partial charge in [0.1, 0.15) is 0 Å². The fourth-order valence-corrected chi connectivity index (χ4v) is 0.986. The quantitative estimate of drug-likeness (QED) is 0.555. The van der Waals surface area contributed by atoms with Gasteiger partial charge < -0.3 is 9.47 Å². The molecular formula is C7H12FNO3. The van der Waals surface area contributed by atoms with Gasteiger partial charge in [0.25, 0.3) is 0 Å². The zero-order valence-corrected chi connectivity index (χ0v) is 6.96. The third-order valence-corrected chi connectivity index (χ3v) is 1.57. The van der Waals surface area contributed by atoms with Crippen molar-refractivity contribution < 1.29 is 18.7 Å². The predicted octanol–water partition coefficient (Wildman–Crippen LogP) is 0.771. The summed E-state index contributed by atoms with van der Waals surface area (Å²) in [5.41, 5.74) is 0. The fourth-order valence-electron chi connectivity index (χ4n) is 0.986. The van der Waals surface area contributed by atoms with Gasteiger partial charge in [0.2, 0.25) is 6.30 Å². The first kappa shape index (κ1) is 9.25. The van der Waals surface area contributed by atoms with Crippen molar-refractivity contribution in [1.82, 2.24) is 4.90 Å². The molecule has 0 aromatic heterocycles. The average molecular weight is 177 g/mol. The van der Waals surface area contributed by atoms with Gasteiger partial charge in [-0.2, -0.15) is 0 Å². The Balaban J connectivity index is 2.42. The van der Waals surface area contributed by atoms with Gasteiger partial charge in [-0.3, -0.25) is 4.90 Å². The fraction of sp³-hybridized carbons (Fsp3) is 0.857. The summed E-state index contributed by atoms with van der Waals surface area (Å²) in [6, 6.07) is 0. The van der Waals surface area contributed by atoms with E-state index in [4.69, 9.17) is 4.74 Å². The van der Waals surface area contributed by atoms with Crippen LogP contribution in [0.25, 0.3) is 0 Å². The van der Waals surface area contributed by atoms with E-state index in [1.54, 1.807) is 6.92 Å². The molecule has 1 aliphatic heterocycles. The zero-order chi connectivity index (χ0) is 8.97. The minimum absolute atomic E-state index is 0.0567. The maximum absolute atomic E-state index is 12.9. The molecule has 0 saturated carbocycles. The molecule has 1 fully saturated rings. The van der Waals surface area contributed by atoms with E-state index in [9.17, 15) is 9.18 Å². The molecule has 0 aromatic carbocycles. The predicted molar refractivity (Wildman–Crippen MR) is 39.4 cm³/mol. The van der Waals surface area contributed by atoms with E-state index in [0.29, 0.717) is 6.61 Å². The number of morpholine rings is 1. The molecule has 12 heavy (non-hydrogen) atoms. The molecule has 0 aromatic rings. The first-order chi connectivity index (χ1) is 5.75. The highest BCUT2D eigenvalue weighted by atomic mass is 19.1. The Labute approximate surface area is 70.2 Å². The van der Waals surface area contributed by atoms with E-state index >= 15 is 0 Å². The smallest absolute Gasteiger partial charge is 0.412 e. The molecule has 0 aliphatic carbocycles. The second-order valence-electron chi connectivity index (χ2n) is 2.40. The SMILES string of the molecule is CCOC(=O)N1CCOCC1F. The minimum Gasteiger partial charge on any atom is -0.450 e. The van der Waals surface area contributed by atoms with Crippen molar-refractivity contribution in [2.24, 2.45) is 0 Å². The number of halogens is 1. The van der Waals surface area contributed by atoms with Crippen LogP contribution < -0.4 is 0 Å². The van der Waals surface area contributed by atoms with E-state index in [2.05, 4.69) is 4.74 Å². The lowest BCUT2D eigenvalue weighted by Gasteiger charge is -2.29. The molecule has 0 radical (unpaired) electrons. The van der Waals surface area contributed by atoms with Crippen LogP contribution in [0, 0.1) is 0 Å². The van der Waals surface area contributed by atoms with Gasteiger partial charge in [-0.15, -0.1) is 0 Å². The highest BCUT2D eigenvalue weighted by Gasteiger charge is 2.27. The van der Waals surface area contributed by atoms with Gasteiger partial charge in [0, 0.05) is 0 Å². The summed E-state index contributed by atoms with van der Waals surface area (Å²) < 4.78 is 22.4. The Bertz CT molecular complexity index is 165. The molecule has 1 saturated heterocycles. The molecule has 0 bridgehead atoms. The zero-order valence-electron chi connectivity index (χ0n) is 6.96. The topological polar surface area (TPSA) is 38.8 Å². The summed E-state index contributed by atoms with van der Waals surface area (Å²) in [6.07, 6.45) is -1.97. The average Bonchev–Trinajstić information content (AvgIpc) is 2.05. The molecule has 1 aliphatic rings. The highest BCUT2D eigenvalue weighted by Crippen LogP contribution is 2.09. The van der Waals surface area contributed by atoms with Crippen LogP contribution in [0.3, 0.4) is 0 Å². The number of carbonyl (C=O) groups is 1. The summed E-state index contributed by atoms with van der Waals surface area (Å²) in [5, 5.41) is 0. The molecule has 1 unspecified atom stereocenters. The maximum Gasteiger partial charge on any atom is 0.412 e. The van der Waals surface area contributed by atoms with Crippen molar-refractivity contribution in [3.63, 3.8) is 0 Å². The van der Waals surface area contributed by atoms with Crippen molar-refractivity contribution >= 4 is 6.09 Å². The van der Waals surface area contributed by atoms with Gasteiger partial charge in [-0.05, 0) is 6.92 Å². The number of hydrogen-bond donors (Lipinski definition) is 0. The Morgan fingerprint density at radius 1 is 1.83 bits per heavy atom. The van der Waals surface area contributed by atoms with Crippen LogP contribution in [0.5, 0.6) is 0 Å². The lowest BCUT2D eigenvalue weighted by molar-refractivity contribution is -0.0555. The van der Waals surface area contributed by atoms with Gasteiger partial charge in [0.15, 0.2) is 0 Å². The lowest BCUT2D eigenvalue weighted by atomic mass is 10.4. The summed E-state index contributed by atoms with van der Waals surface area (Å²) >= 11 is 0. The molecule has 4 nitrogen and oxygen atoms in total. The second-order valence-corrected chi connectivity index (χ2v) is 2.40. The summed E-state index contributed by atoms with van der Waals surface area (Å²) in [7, 11) is 0. The van der Waals surface area contributed by atoms with E-state index < -0.39 is 12.4 Å². The Kier molecular flexibility index (Phi) is 3.28. The first-order valence-electron chi connectivity index (χ1n) is 3.91. The van der Waals surface area contributed by atoms with Crippen molar-refractivity contribution in [3.8, 4) is 0 Å². The van der Waals surface area contributed by atoms with E-state index in [0.717, 1.165) is 4.90 Å². The monoisotopic (exact) mass is 177 g/mol. The van der Waals surface area contributed by atoms with E-state index in [1.165, 1.54) is 0 Å². The van der Waals surface area contributed by atoms with E-state index in [1.807, 2.05) is 0 Å². The third kappa shape index (κ3) is 2.07. The lowest BCUT2D eigenvalue weighted by Crippen LogP contribution is -2.46. The van der Waals surface area contributed by atoms with Crippen LogP contribution in [-0.4, -0.2) is 43.7 Å². The van der Waals surface area contributed by atoms with Gasteiger partial charge in [-0.1, -0.05) is 0 Å². The summed E-state index contributed by atoms with van der Waals surface area (Å²) in [4.78, 5) is 12.1. The number of amides is 1. The first-order valence-corrected chi connectivity index (χ1v) is 3.91. The summed E-state index contributed by atoms with van der Waals surface area (Å²) in [6.45, 7) is 2.53. The van der Waals surface area contributed by atoms with Crippen LogP contribution >= 0.6 is 0 Å². The van der Waals surface area contributed by atoms with Crippen molar-refractivity contribution in [1.29, 1.82) is 0 Å². The largest absolute Gasteiger partial charge is 0.450 e. The summed E-state index contributed by atoms with van der Waals surface area (Å²) in [5.74, 6) is 0. The van der Waals surface area contributed by atoms with Crippen LogP contribution in [0.2, 0.25) is 0 Å². The maximum atomic E-state index is 12.9. The van der Waals surface area contributed by atoms with Gasteiger partial charge in [0.05, 0.1) is 26.4 Å². The standard InChI is InChI=1S/C7H12FNO3/c1-2-12-7(10)9-3-4-11-5-6(9)8/h6H,2-5H2,1H3. The minimum atomic E-state index is -1.36. The number of carbonyl (C=O) groups excluding carboxylic acids is 1. The van der Waals surface area contributed by atoms with E-state index in [-0.39, 0.29) is 19.8 Å². The molecule has 5 heteroatoms. The van der Waals surface area contributed by atoms with Gasteiger partial charge in [-0.25, -0.2) is 9.18 Å². The Morgan fingerprint density at radius 3 is 3.17 bits per heavy atom. The second kappa shape index (κ2) is 4.25. The Morgan fingerprint density at radius 2 is 2.58 bits per heavy atom.